The van der Waals surface area contributed by atoms with Crippen LogP contribution in [0.25, 0.3) is 0 Å². The highest BCUT2D eigenvalue weighted by Crippen LogP contribution is 2.33. The van der Waals surface area contributed by atoms with Crippen LogP contribution in [-0.4, -0.2) is 24.0 Å². The quantitative estimate of drug-likeness (QED) is 0.520. The molecule has 0 radical (unpaired) electrons. The molecule has 0 unspecified atom stereocenters. The molecule has 130 valence electrons. The first-order valence-corrected chi connectivity index (χ1v) is 6.91. The van der Waals surface area contributed by atoms with Gasteiger partial charge in [-0.25, -0.2) is 8.78 Å². The molecule has 0 fully saturated rings. The maximum atomic E-state index is 13.8. The molecule has 0 bridgehead atoms. The van der Waals surface area contributed by atoms with Crippen molar-refractivity contribution in [2.45, 2.75) is 0 Å². The summed E-state index contributed by atoms with van der Waals surface area (Å²) in [4.78, 5) is 21.5. The first kappa shape index (κ1) is 16.6. The van der Waals surface area contributed by atoms with Gasteiger partial charge in [0.05, 0.1) is 10.5 Å². The monoisotopic (exact) mass is 354 g/mol. The van der Waals surface area contributed by atoms with E-state index in [-0.39, 0.29) is 5.69 Å². The van der Waals surface area contributed by atoms with Crippen molar-refractivity contribution in [3.8, 4) is 11.5 Å². The van der Waals surface area contributed by atoms with Crippen molar-refractivity contribution in [2.24, 2.45) is 0 Å². The summed E-state index contributed by atoms with van der Waals surface area (Å²) in [5.74, 6) is -6.30. The number of halogens is 3. The first-order chi connectivity index (χ1) is 11.9. The zero-order chi connectivity index (χ0) is 18.1. The molecule has 0 spiro atoms. The fourth-order valence-corrected chi connectivity index (χ4v) is 2.21. The molecule has 1 amide bonds. The van der Waals surface area contributed by atoms with E-state index in [2.05, 4.69) is 5.32 Å². The van der Waals surface area contributed by atoms with E-state index >= 15 is 0 Å². The van der Waals surface area contributed by atoms with Crippen LogP contribution in [0.5, 0.6) is 11.5 Å². The minimum atomic E-state index is -2.10. The van der Waals surface area contributed by atoms with Crippen molar-refractivity contribution in [1.82, 2.24) is 0 Å². The van der Waals surface area contributed by atoms with Crippen LogP contribution >= 0.6 is 0 Å². The van der Waals surface area contributed by atoms with Gasteiger partial charge in [0.25, 0.3) is 5.91 Å². The number of nitrogens with one attached hydrogen (secondary N) is 1. The van der Waals surface area contributed by atoms with Gasteiger partial charge in [0.15, 0.2) is 17.3 Å². The van der Waals surface area contributed by atoms with E-state index in [9.17, 15) is 28.1 Å². The number of ether oxygens (including phenoxy) is 2. The standard InChI is InChI=1S/C15H9F3N2O5/c16-12-8(6-9(20(22)23)13(17)14(12)18)15(21)19-7-1-2-10-11(5-7)25-4-3-24-10/h1-2,5-6H,3-4H2,(H,19,21). The number of hydrogen-bond acceptors (Lipinski definition) is 5. The van der Waals surface area contributed by atoms with Crippen LogP contribution < -0.4 is 14.8 Å². The smallest absolute Gasteiger partial charge is 0.308 e. The molecule has 0 saturated carbocycles. The molecule has 7 nitrogen and oxygen atoms in total. The first-order valence-electron chi connectivity index (χ1n) is 6.91. The van der Waals surface area contributed by atoms with Crippen molar-refractivity contribution in [2.75, 3.05) is 18.5 Å². The third kappa shape index (κ3) is 3.05. The molecule has 0 aliphatic carbocycles. The highest BCUT2D eigenvalue weighted by Gasteiger charge is 2.28. The highest BCUT2D eigenvalue weighted by atomic mass is 19.2. The lowest BCUT2D eigenvalue weighted by molar-refractivity contribution is -0.387. The summed E-state index contributed by atoms with van der Waals surface area (Å²) in [6.45, 7) is 0.664. The van der Waals surface area contributed by atoms with Crippen molar-refractivity contribution >= 4 is 17.3 Å². The van der Waals surface area contributed by atoms with Gasteiger partial charge in [-0.1, -0.05) is 0 Å². The van der Waals surface area contributed by atoms with Gasteiger partial charge >= 0.3 is 5.69 Å². The molecule has 1 N–H and O–H groups in total. The molecule has 2 aromatic rings. The Morgan fingerprint density at radius 1 is 1.04 bits per heavy atom. The van der Waals surface area contributed by atoms with Gasteiger partial charge in [-0.3, -0.25) is 14.9 Å². The van der Waals surface area contributed by atoms with Gasteiger partial charge in [0.1, 0.15) is 13.2 Å². The average molecular weight is 354 g/mol. The zero-order valence-corrected chi connectivity index (χ0v) is 12.3. The van der Waals surface area contributed by atoms with E-state index in [4.69, 9.17) is 9.47 Å². The van der Waals surface area contributed by atoms with Gasteiger partial charge in [-0.15, -0.1) is 0 Å². The molecule has 3 rings (SSSR count). The third-order valence-corrected chi connectivity index (χ3v) is 3.37. The van der Waals surface area contributed by atoms with Gasteiger partial charge in [0.2, 0.25) is 11.6 Å². The fraction of sp³-hybridized carbons (Fsp3) is 0.133. The number of fused-ring (bicyclic) bond motifs is 1. The minimum Gasteiger partial charge on any atom is -0.486 e. The number of hydrogen-bond donors (Lipinski definition) is 1. The Morgan fingerprint density at radius 3 is 2.40 bits per heavy atom. The molecule has 0 saturated heterocycles. The summed E-state index contributed by atoms with van der Waals surface area (Å²) in [6.07, 6.45) is 0. The normalized spacial score (nSPS) is 12.6. The Labute approximate surface area is 138 Å². The number of rotatable bonds is 3. The predicted molar refractivity (Wildman–Crippen MR) is 78.4 cm³/mol. The van der Waals surface area contributed by atoms with Gasteiger partial charge in [-0.2, -0.15) is 4.39 Å². The zero-order valence-electron chi connectivity index (χ0n) is 12.3. The SMILES string of the molecule is O=C(Nc1ccc2c(c1)OCCO2)c1cc([N+](=O)[O-])c(F)c(F)c1F. The van der Waals surface area contributed by atoms with Crippen LogP contribution in [0, 0.1) is 27.6 Å². The minimum absolute atomic E-state index is 0.154. The number of amides is 1. The molecule has 1 aliphatic heterocycles. The number of nitro groups is 1. The topological polar surface area (TPSA) is 90.7 Å². The maximum Gasteiger partial charge on any atom is 0.308 e. The van der Waals surface area contributed by atoms with Gasteiger partial charge in [0, 0.05) is 17.8 Å². The van der Waals surface area contributed by atoms with Crippen molar-refractivity contribution in [3.05, 3.63) is 57.4 Å². The van der Waals surface area contributed by atoms with Crippen molar-refractivity contribution in [1.29, 1.82) is 0 Å². The van der Waals surface area contributed by atoms with E-state index in [1.807, 2.05) is 0 Å². The predicted octanol–water partition coefficient (Wildman–Crippen LogP) is 3.04. The molecular weight excluding hydrogens is 345 g/mol. The Bertz CT molecular complexity index is 888. The summed E-state index contributed by atoms with van der Waals surface area (Å²) in [7, 11) is 0. The number of carbonyl (C=O) groups excluding carboxylic acids is 1. The van der Waals surface area contributed by atoms with Gasteiger partial charge < -0.3 is 14.8 Å². The third-order valence-electron chi connectivity index (χ3n) is 3.37. The summed E-state index contributed by atoms with van der Waals surface area (Å²) in [5.41, 5.74) is -2.19. The average Bonchev–Trinajstić information content (AvgIpc) is 2.59. The lowest BCUT2D eigenvalue weighted by Gasteiger charge is -2.19. The van der Waals surface area contributed by atoms with E-state index in [0.717, 1.165) is 0 Å². The van der Waals surface area contributed by atoms with Crippen LogP contribution in [0.1, 0.15) is 10.4 Å². The molecule has 1 heterocycles. The second-order valence-electron chi connectivity index (χ2n) is 4.95. The molecule has 2 aromatic carbocycles. The fourth-order valence-electron chi connectivity index (χ4n) is 2.21. The van der Waals surface area contributed by atoms with Crippen molar-refractivity contribution in [3.63, 3.8) is 0 Å². The van der Waals surface area contributed by atoms with E-state index in [1.54, 1.807) is 0 Å². The molecule has 0 aromatic heterocycles. The Morgan fingerprint density at radius 2 is 1.72 bits per heavy atom. The van der Waals surface area contributed by atoms with E-state index in [1.165, 1.54) is 18.2 Å². The largest absolute Gasteiger partial charge is 0.486 e. The molecule has 1 aliphatic rings. The van der Waals surface area contributed by atoms with E-state index in [0.29, 0.717) is 30.8 Å². The number of nitro benzene ring substituents is 1. The van der Waals surface area contributed by atoms with Crippen molar-refractivity contribution < 1.29 is 32.4 Å². The van der Waals surface area contributed by atoms with Crippen LogP contribution in [0.4, 0.5) is 24.5 Å². The number of anilines is 1. The van der Waals surface area contributed by atoms with E-state index < -0.39 is 39.5 Å². The number of benzene rings is 2. The van der Waals surface area contributed by atoms with Crippen LogP contribution in [0.3, 0.4) is 0 Å². The molecule has 25 heavy (non-hydrogen) atoms. The lowest BCUT2D eigenvalue weighted by Crippen LogP contribution is -2.18. The summed E-state index contributed by atoms with van der Waals surface area (Å²) < 4.78 is 51.2. The highest BCUT2D eigenvalue weighted by molar-refractivity contribution is 6.05. The van der Waals surface area contributed by atoms with Crippen LogP contribution in [0.2, 0.25) is 0 Å². The second kappa shape index (κ2) is 6.30. The lowest BCUT2D eigenvalue weighted by atomic mass is 10.1. The number of nitrogens with zero attached hydrogens (tertiary/aromatic N) is 1. The molecular formula is C15H9F3N2O5. The molecule has 10 heteroatoms. The van der Waals surface area contributed by atoms with Crippen LogP contribution in [0.15, 0.2) is 24.3 Å². The molecule has 0 atom stereocenters. The summed E-state index contributed by atoms with van der Waals surface area (Å²) >= 11 is 0. The Kier molecular flexibility index (Phi) is 4.17. The van der Waals surface area contributed by atoms with Gasteiger partial charge in [-0.05, 0) is 12.1 Å². The number of carbonyl (C=O) groups is 1. The maximum absolute atomic E-state index is 13.8. The Hall–Kier alpha value is -3.30. The Balaban J connectivity index is 1.92. The summed E-state index contributed by atoms with van der Waals surface area (Å²) in [5, 5.41) is 12.9. The second-order valence-corrected chi connectivity index (χ2v) is 4.95. The summed E-state index contributed by atoms with van der Waals surface area (Å²) in [6, 6.07) is 4.63. The van der Waals surface area contributed by atoms with Crippen LogP contribution in [-0.2, 0) is 0 Å².